The Morgan fingerprint density at radius 2 is 1.76 bits per heavy atom. The van der Waals surface area contributed by atoms with Crippen LogP contribution in [-0.4, -0.2) is 13.2 Å². The standard InChI is InChI=1S/C13H10N2O2/c1-9-2-3-12-13(4-9)17-8-11(7-16-12)10(5-14)6-15/h2-4H,7-8H2,1H3. The molecule has 0 spiro atoms. The van der Waals surface area contributed by atoms with Gasteiger partial charge < -0.3 is 9.47 Å². The molecule has 0 saturated heterocycles. The van der Waals surface area contributed by atoms with Crippen molar-refractivity contribution in [3.8, 4) is 23.6 Å². The molecule has 0 aliphatic carbocycles. The fourth-order valence-corrected chi connectivity index (χ4v) is 1.55. The normalized spacial score (nSPS) is 13.2. The number of fused-ring (bicyclic) bond motifs is 1. The molecule has 17 heavy (non-hydrogen) atoms. The number of benzene rings is 1. The van der Waals surface area contributed by atoms with Crippen LogP contribution in [0.5, 0.6) is 11.5 Å². The smallest absolute Gasteiger partial charge is 0.161 e. The van der Waals surface area contributed by atoms with Crippen LogP contribution < -0.4 is 9.47 Å². The average Bonchev–Trinajstić information content (AvgIpc) is 2.54. The fourth-order valence-electron chi connectivity index (χ4n) is 1.55. The van der Waals surface area contributed by atoms with E-state index >= 15 is 0 Å². The van der Waals surface area contributed by atoms with Gasteiger partial charge in [-0.15, -0.1) is 0 Å². The van der Waals surface area contributed by atoms with E-state index in [0.717, 1.165) is 5.56 Å². The average molecular weight is 226 g/mol. The highest BCUT2D eigenvalue weighted by Crippen LogP contribution is 2.31. The lowest BCUT2D eigenvalue weighted by Gasteiger charge is -2.06. The number of hydrogen-bond acceptors (Lipinski definition) is 4. The summed E-state index contributed by atoms with van der Waals surface area (Å²) in [5.41, 5.74) is 1.71. The zero-order chi connectivity index (χ0) is 12.3. The molecule has 0 N–H and O–H groups in total. The van der Waals surface area contributed by atoms with E-state index in [1.807, 2.05) is 37.3 Å². The summed E-state index contributed by atoms with van der Waals surface area (Å²) in [6.45, 7) is 2.39. The van der Waals surface area contributed by atoms with E-state index in [1.165, 1.54) is 0 Å². The van der Waals surface area contributed by atoms with Crippen LogP contribution in [0.1, 0.15) is 5.56 Å². The van der Waals surface area contributed by atoms with Crippen molar-refractivity contribution in [3.63, 3.8) is 0 Å². The lowest BCUT2D eigenvalue weighted by Crippen LogP contribution is -2.07. The molecule has 0 fully saturated rings. The maximum atomic E-state index is 8.79. The van der Waals surface area contributed by atoms with E-state index in [4.69, 9.17) is 20.0 Å². The molecule has 0 saturated carbocycles. The summed E-state index contributed by atoms with van der Waals surface area (Å²) >= 11 is 0. The molecule has 1 aromatic rings. The first-order chi connectivity index (χ1) is 8.24. The summed E-state index contributed by atoms with van der Waals surface area (Å²) in [7, 11) is 0. The van der Waals surface area contributed by atoms with E-state index in [9.17, 15) is 0 Å². The second-order valence-corrected chi connectivity index (χ2v) is 3.73. The predicted molar refractivity (Wildman–Crippen MR) is 60.4 cm³/mol. The van der Waals surface area contributed by atoms with Gasteiger partial charge in [-0.2, -0.15) is 10.5 Å². The van der Waals surface area contributed by atoms with Crippen LogP contribution in [0, 0.1) is 29.6 Å². The highest BCUT2D eigenvalue weighted by Gasteiger charge is 2.16. The van der Waals surface area contributed by atoms with Crippen molar-refractivity contribution in [3.05, 3.63) is 34.9 Å². The molecule has 1 heterocycles. The predicted octanol–water partition coefficient (Wildman–Crippen LogP) is 2.11. The van der Waals surface area contributed by atoms with Crippen molar-refractivity contribution in [1.82, 2.24) is 0 Å². The van der Waals surface area contributed by atoms with Gasteiger partial charge in [-0.1, -0.05) is 6.07 Å². The van der Waals surface area contributed by atoms with E-state index in [-0.39, 0.29) is 18.8 Å². The molecule has 0 unspecified atom stereocenters. The Bertz CT molecular complexity index is 546. The van der Waals surface area contributed by atoms with Crippen molar-refractivity contribution in [2.24, 2.45) is 0 Å². The lowest BCUT2D eigenvalue weighted by molar-refractivity contribution is 0.354. The van der Waals surface area contributed by atoms with Gasteiger partial charge in [0.05, 0.1) is 0 Å². The zero-order valence-electron chi connectivity index (χ0n) is 9.36. The van der Waals surface area contributed by atoms with Gasteiger partial charge in [0.25, 0.3) is 0 Å². The van der Waals surface area contributed by atoms with Gasteiger partial charge in [0.1, 0.15) is 30.9 Å². The van der Waals surface area contributed by atoms with Crippen LogP contribution in [0.15, 0.2) is 29.3 Å². The maximum Gasteiger partial charge on any atom is 0.161 e. The molecule has 1 aromatic carbocycles. The van der Waals surface area contributed by atoms with Crippen LogP contribution in [0.3, 0.4) is 0 Å². The molecule has 0 bridgehead atoms. The summed E-state index contributed by atoms with van der Waals surface area (Å²) in [4.78, 5) is 0. The third kappa shape index (κ3) is 2.21. The number of hydrogen-bond donors (Lipinski definition) is 0. The Labute approximate surface area is 99.3 Å². The largest absolute Gasteiger partial charge is 0.485 e. The minimum Gasteiger partial charge on any atom is -0.485 e. The second kappa shape index (κ2) is 4.59. The minimum absolute atomic E-state index is 0.0644. The first-order valence-corrected chi connectivity index (χ1v) is 5.13. The monoisotopic (exact) mass is 226 g/mol. The van der Waals surface area contributed by atoms with E-state index < -0.39 is 0 Å². The highest BCUT2D eigenvalue weighted by molar-refractivity contribution is 5.46. The quantitative estimate of drug-likeness (QED) is 0.635. The number of nitrogens with zero attached hydrogens (tertiary/aromatic N) is 2. The molecule has 84 valence electrons. The van der Waals surface area contributed by atoms with Gasteiger partial charge in [-0.25, -0.2) is 0 Å². The molecular weight excluding hydrogens is 216 g/mol. The third-order valence-electron chi connectivity index (χ3n) is 2.48. The van der Waals surface area contributed by atoms with Gasteiger partial charge in [0.2, 0.25) is 0 Å². The molecular formula is C13H10N2O2. The Balaban J connectivity index is 2.32. The van der Waals surface area contributed by atoms with E-state index in [1.54, 1.807) is 0 Å². The van der Waals surface area contributed by atoms with E-state index in [0.29, 0.717) is 17.1 Å². The number of nitriles is 2. The SMILES string of the molecule is Cc1ccc2c(c1)OCC(=C(C#N)C#N)CO2. The van der Waals surface area contributed by atoms with Gasteiger partial charge in [0.15, 0.2) is 11.5 Å². The summed E-state index contributed by atoms with van der Waals surface area (Å²) in [5, 5.41) is 17.6. The molecule has 2 rings (SSSR count). The fraction of sp³-hybridized carbons (Fsp3) is 0.231. The number of allylic oxidation sites excluding steroid dienone is 1. The topological polar surface area (TPSA) is 66.0 Å². The Hall–Kier alpha value is -2.46. The number of ether oxygens (including phenoxy) is 2. The van der Waals surface area contributed by atoms with Crippen molar-refractivity contribution in [2.75, 3.05) is 13.2 Å². The Morgan fingerprint density at radius 3 is 2.41 bits per heavy atom. The summed E-state index contributed by atoms with van der Waals surface area (Å²) in [6, 6.07) is 9.31. The molecule has 0 aromatic heterocycles. The van der Waals surface area contributed by atoms with Crippen molar-refractivity contribution >= 4 is 0 Å². The molecule has 0 atom stereocenters. The van der Waals surface area contributed by atoms with Crippen LogP contribution in [0.4, 0.5) is 0 Å². The van der Waals surface area contributed by atoms with Gasteiger partial charge in [-0.3, -0.25) is 0 Å². The van der Waals surface area contributed by atoms with Gasteiger partial charge >= 0.3 is 0 Å². The molecule has 0 amide bonds. The van der Waals surface area contributed by atoms with Gasteiger partial charge in [-0.05, 0) is 24.6 Å². The van der Waals surface area contributed by atoms with Crippen LogP contribution in [-0.2, 0) is 0 Å². The zero-order valence-corrected chi connectivity index (χ0v) is 9.36. The maximum absolute atomic E-state index is 8.79. The molecule has 4 nitrogen and oxygen atoms in total. The highest BCUT2D eigenvalue weighted by atomic mass is 16.5. The van der Waals surface area contributed by atoms with E-state index in [2.05, 4.69) is 0 Å². The van der Waals surface area contributed by atoms with Crippen LogP contribution in [0.25, 0.3) is 0 Å². The van der Waals surface area contributed by atoms with Crippen molar-refractivity contribution in [2.45, 2.75) is 6.92 Å². The molecule has 0 radical (unpaired) electrons. The summed E-state index contributed by atoms with van der Waals surface area (Å²) < 4.78 is 11.1. The Kier molecular flexibility index (Phi) is 2.98. The van der Waals surface area contributed by atoms with Crippen LogP contribution >= 0.6 is 0 Å². The lowest BCUT2D eigenvalue weighted by atomic mass is 10.1. The first-order valence-electron chi connectivity index (χ1n) is 5.13. The second-order valence-electron chi connectivity index (χ2n) is 3.73. The molecule has 1 aliphatic heterocycles. The number of aryl methyl sites for hydroxylation is 1. The van der Waals surface area contributed by atoms with Gasteiger partial charge in [0, 0.05) is 5.57 Å². The molecule has 4 heteroatoms. The first kappa shape index (κ1) is 11.0. The van der Waals surface area contributed by atoms with Crippen molar-refractivity contribution < 1.29 is 9.47 Å². The Morgan fingerprint density at radius 1 is 1.12 bits per heavy atom. The molecule has 1 aliphatic rings. The van der Waals surface area contributed by atoms with Crippen molar-refractivity contribution in [1.29, 1.82) is 10.5 Å². The number of rotatable bonds is 0. The summed E-state index contributed by atoms with van der Waals surface area (Å²) in [6.07, 6.45) is 0. The third-order valence-corrected chi connectivity index (χ3v) is 2.48. The minimum atomic E-state index is 0.0644. The summed E-state index contributed by atoms with van der Waals surface area (Å²) in [5.74, 6) is 1.29. The van der Waals surface area contributed by atoms with Crippen LogP contribution in [0.2, 0.25) is 0 Å².